The molecule has 2 aromatic heterocycles. The quantitative estimate of drug-likeness (QED) is 0.597. The zero-order valence-electron chi connectivity index (χ0n) is 13.4. The van der Waals surface area contributed by atoms with Gasteiger partial charge in [-0.3, -0.25) is 9.89 Å². The van der Waals surface area contributed by atoms with Gasteiger partial charge in [-0.25, -0.2) is 8.78 Å². The van der Waals surface area contributed by atoms with Gasteiger partial charge in [0, 0.05) is 29.9 Å². The molecule has 0 unspecified atom stereocenters. The van der Waals surface area contributed by atoms with Crippen LogP contribution in [-0.4, -0.2) is 28.7 Å². The van der Waals surface area contributed by atoms with Gasteiger partial charge in [-0.05, 0) is 30.2 Å². The van der Waals surface area contributed by atoms with Gasteiger partial charge in [0.1, 0.15) is 4.34 Å². The van der Waals surface area contributed by atoms with Crippen LogP contribution in [0.1, 0.15) is 15.2 Å². The maximum absolute atomic E-state index is 13.3. The van der Waals surface area contributed by atoms with Crippen LogP contribution in [0.15, 0.2) is 36.7 Å². The number of benzene rings is 1. The number of nitrogens with one attached hydrogen (secondary N) is 2. The minimum atomic E-state index is -0.931. The summed E-state index contributed by atoms with van der Waals surface area (Å²) in [5, 5.41) is 9.35. The molecular formula is C17H15ClF2N4OS. The lowest BCUT2D eigenvalue weighted by Gasteiger charge is -2.16. The molecule has 0 saturated heterocycles. The van der Waals surface area contributed by atoms with E-state index in [0.717, 1.165) is 29.0 Å². The number of hydrogen-bond donors (Lipinski definition) is 3. The number of thiophene rings is 1. The highest BCUT2D eigenvalue weighted by Crippen LogP contribution is 2.35. The van der Waals surface area contributed by atoms with Crippen molar-refractivity contribution in [2.24, 2.45) is 5.73 Å². The van der Waals surface area contributed by atoms with E-state index in [0.29, 0.717) is 20.3 Å². The minimum Gasteiger partial charge on any atom is -0.347 e. The predicted molar refractivity (Wildman–Crippen MR) is 97.3 cm³/mol. The molecule has 2 heterocycles. The van der Waals surface area contributed by atoms with E-state index in [2.05, 4.69) is 15.5 Å². The zero-order valence-corrected chi connectivity index (χ0v) is 15.0. The highest BCUT2D eigenvalue weighted by atomic mass is 35.5. The largest absolute Gasteiger partial charge is 0.347 e. The molecule has 9 heteroatoms. The summed E-state index contributed by atoms with van der Waals surface area (Å²) in [4.78, 5) is 12.9. The monoisotopic (exact) mass is 396 g/mol. The van der Waals surface area contributed by atoms with Crippen LogP contribution in [0.4, 0.5) is 8.78 Å². The highest BCUT2D eigenvalue weighted by molar-refractivity contribution is 7.18. The Morgan fingerprint density at radius 1 is 1.35 bits per heavy atom. The molecule has 136 valence electrons. The Labute approximate surface area is 157 Å². The summed E-state index contributed by atoms with van der Waals surface area (Å²) in [5.74, 6) is -2.17. The third-order valence-electron chi connectivity index (χ3n) is 3.81. The van der Waals surface area contributed by atoms with Gasteiger partial charge in [0.15, 0.2) is 11.6 Å². The lowest BCUT2D eigenvalue weighted by Crippen LogP contribution is -2.41. The Kier molecular flexibility index (Phi) is 5.65. The van der Waals surface area contributed by atoms with Crippen molar-refractivity contribution >= 4 is 28.8 Å². The van der Waals surface area contributed by atoms with Gasteiger partial charge in [0.05, 0.1) is 11.1 Å². The number of rotatable bonds is 6. The van der Waals surface area contributed by atoms with Gasteiger partial charge in [0.25, 0.3) is 5.91 Å². The van der Waals surface area contributed by atoms with Gasteiger partial charge in [-0.2, -0.15) is 5.10 Å². The molecule has 5 nitrogen and oxygen atoms in total. The van der Waals surface area contributed by atoms with Gasteiger partial charge >= 0.3 is 0 Å². The highest BCUT2D eigenvalue weighted by Gasteiger charge is 2.18. The molecular weight excluding hydrogens is 382 g/mol. The molecule has 4 N–H and O–H groups in total. The zero-order chi connectivity index (χ0) is 18.7. The molecule has 0 spiro atoms. The van der Waals surface area contributed by atoms with Crippen molar-refractivity contribution < 1.29 is 13.6 Å². The summed E-state index contributed by atoms with van der Waals surface area (Å²) in [6.45, 7) is 0.151. The smallest absolute Gasteiger partial charge is 0.261 e. The third kappa shape index (κ3) is 4.09. The van der Waals surface area contributed by atoms with Gasteiger partial charge < -0.3 is 11.1 Å². The van der Waals surface area contributed by atoms with Gasteiger partial charge in [-0.1, -0.05) is 17.7 Å². The van der Waals surface area contributed by atoms with Crippen LogP contribution in [0.3, 0.4) is 0 Å². The molecule has 0 bridgehead atoms. The van der Waals surface area contributed by atoms with Crippen molar-refractivity contribution in [3.8, 4) is 11.1 Å². The summed E-state index contributed by atoms with van der Waals surface area (Å²) >= 11 is 7.35. The van der Waals surface area contributed by atoms with Crippen LogP contribution >= 0.6 is 22.9 Å². The molecule has 3 aromatic rings. The van der Waals surface area contributed by atoms with Gasteiger partial charge in [0.2, 0.25) is 0 Å². The van der Waals surface area contributed by atoms with Crippen LogP contribution in [0.25, 0.3) is 11.1 Å². The fourth-order valence-electron chi connectivity index (χ4n) is 2.48. The number of amides is 1. The number of aromatic nitrogens is 2. The van der Waals surface area contributed by atoms with E-state index in [-0.39, 0.29) is 18.9 Å². The van der Waals surface area contributed by atoms with Crippen LogP contribution in [0.5, 0.6) is 0 Å². The fraction of sp³-hybridized carbons (Fsp3) is 0.176. The van der Waals surface area contributed by atoms with E-state index in [1.54, 1.807) is 18.5 Å². The van der Waals surface area contributed by atoms with E-state index in [1.165, 1.54) is 6.07 Å². The standard InChI is InChI=1S/C17H15ClF2N4OS/c18-16-12(10-7-22-23-8-10)5-15(26-16)17(25)24-11(6-21)3-9-1-2-13(19)14(20)4-9/h1-2,4-5,7-8,11H,3,6,21H2,(H,22,23)(H,24,25)/t11-/m0/s1. The summed E-state index contributed by atoms with van der Waals surface area (Å²) in [6, 6.07) is 4.87. The summed E-state index contributed by atoms with van der Waals surface area (Å²) in [5.41, 5.74) is 7.74. The maximum Gasteiger partial charge on any atom is 0.261 e. The van der Waals surface area contributed by atoms with E-state index in [9.17, 15) is 13.6 Å². The molecule has 0 aliphatic carbocycles. The second-order valence-electron chi connectivity index (χ2n) is 5.64. The number of halogens is 3. The van der Waals surface area contributed by atoms with Crippen molar-refractivity contribution in [2.45, 2.75) is 12.5 Å². The topological polar surface area (TPSA) is 83.8 Å². The molecule has 1 atom stereocenters. The Morgan fingerprint density at radius 2 is 2.15 bits per heavy atom. The van der Waals surface area contributed by atoms with E-state index in [4.69, 9.17) is 17.3 Å². The molecule has 0 radical (unpaired) electrons. The average Bonchev–Trinajstić information content (AvgIpc) is 3.26. The first-order valence-electron chi connectivity index (χ1n) is 7.71. The number of carbonyl (C=O) groups is 1. The molecule has 1 amide bonds. The number of H-pyrrole nitrogens is 1. The molecule has 3 rings (SSSR count). The molecule has 0 fully saturated rings. The van der Waals surface area contributed by atoms with Crippen molar-refractivity contribution in [3.05, 3.63) is 63.1 Å². The van der Waals surface area contributed by atoms with Crippen LogP contribution in [0, 0.1) is 11.6 Å². The number of nitrogens with two attached hydrogens (primary N) is 1. The van der Waals surface area contributed by atoms with Gasteiger partial charge in [-0.15, -0.1) is 11.3 Å². The Balaban J connectivity index is 1.71. The van der Waals surface area contributed by atoms with Crippen molar-refractivity contribution in [1.82, 2.24) is 15.5 Å². The summed E-state index contributed by atoms with van der Waals surface area (Å²) in [7, 11) is 0. The Hall–Kier alpha value is -2.29. The second kappa shape index (κ2) is 7.94. The summed E-state index contributed by atoms with van der Waals surface area (Å²) in [6.07, 6.45) is 3.58. The number of hydrogen-bond acceptors (Lipinski definition) is 4. The van der Waals surface area contributed by atoms with E-state index >= 15 is 0 Å². The fourth-order valence-corrected chi connectivity index (χ4v) is 3.70. The minimum absolute atomic E-state index is 0.151. The van der Waals surface area contributed by atoms with Crippen molar-refractivity contribution in [3.63, 3.8) is 0 Å². The van der Waals surface area contributed by atoms with Crippen LogP contribution < -0.4 is 11.1 Å². The third-order valence-corrected chi connectivity index (χ3v) is 5.16. The number of nitrogens with zero attached hydrogens (tertiary/aromatic N) is 1. The van der Waals surface area contributed by atoms with E-state index in [1.807, 2.05) is 0 Å². The summed E-state index contributed by atoms with van der Waals surface area (Å²) < 4.78 is 26.8. The SMILES string of the molecule is NC[C@H](Cc1ccc(F)c(F)c1)NC(=O)c1cc(-c2cn[nH]c2)c(Cl)s1. The molecule has 26 heavy (non-hydrogen) atoms. The number of aromatic amines is 1. The lowest BCUT2D eigenvalue weighted by atomic mass is 10.1. The van der Waals surface area contributed by atoms with E-state index < -0.39 is 17.7 Å². The first-order valence-corrected chi connectivity index (χ1v) is 8.90. The second-order valence-corrected chi connectivity index (χ2v) is 7.30. The Morgan fingerprint density at radius 3 is 2.81 bits per heavy atom. The van der Waals surface area contributed by atoms with Crippen LogP contribution in [0.2, 0.25) is 4.34 Å². The number of carbonyl (C=O) groups excluding carboxylic acids is 1. The molecule has 0 aliphatic rings. The normalized spacial score (nSPS) is 12.2. The molecule has 0 aliphatic heterocycles. The van der Waals surface area contributed by atoms with Crippen LogP contribution in [-0.2, 0) is 6.42 Å². The Bertz CT molecular complexity index is 914. The molecule has 1 aromatic carbocycles. The average molecular weight is 397 g/mol. The maximum atomic E-state index is 13.3. The lowest BCUT2D eigenvalue weighted by molar-refractivity contribution is 0.0942. The predicted octanol–water partition coefficient (Wildman–Crippen LogP) is 3.37. The van der Waals surface area contributed by atoms with Crippen molar-refractivity contribution in [1.29, 1.82) is 0 Å². The molecule has 0 saturated carbocycles. The first kappa shape index (κ1) is 18.5. The first-order chi connectivity index (χ1) is 12.5. The van der Waals surface area contributed by atoms with Crippen molar-refractivity contribution in [2.75, 3.05) is 6.54 Å².